The van der Waals surface area contributed by atoms with Crippen LogP contribution < -0.4 is 5.32 Å². The number of nitrogens with one attached hydrogen (secondary N) is 1. The zero-order chi connectivity index (χ0) is 13.5. The topological polar surface area (TPSA) is 12.0 Å². The predicted molar refractivity (Wildman–Crippen MR) is 77.7 cm³/mol. The Morgan fingerprint density at radius 3 is 2.32 bits per heavy atom. The highest BCUT2D eigenvalue weighted by Crippen LogP contribution is 2.15. The van der Waals surface area contributed by atoms with Crippen LogP contribution >= 0.6 is 0 Å². The maximum Gasteiger partial charge on any atom is 0.123 e. The summed E-state index contributed by atoms with van der Waals surface area (Å²) in [6.07, 6.45) is 1.91. The van der Waals surface area contributed by atoms with Crippen LogP contribution in [0.1, 0.15) is 11.1 Å². The van der Waals surface area contributed by atoms with Crippen LogP contribution in [0.5, 0.6) is 0 Å². The van der Waals surface area contributed by atoms with Gasteiger partial charge in [-0.15, -0.1) is 0 Å². The van der Waals surface area contributed by atoms with Crippen LogP contribution in [0.15, 0.2) is 54.6 Å². The first-order valence-electron chi connectivity index (χ1n) is 6.71. The van der Waals surface area contributed by atoms with Gasteiger partial charge in [0.2, 0.25) is 0 Å². The number of hydrogen-bond acceptors (Lipinski definition) is 1. The molecule has 0 saturated heterocycles. The van der Waals surface area contributed by atoms with Crippen molar-refractivity contribution in [2.45, 2.75) is 12.8 Å². The minimum Gasteiger partial charge on any atom is -0.319 e. The molecule has 0 amide bonds. The molecule has 0 spiro atoms. The van der Waals surface area contributed by atoms with Gasteiger partial charge in [-0.3, -0.25) is 0 Å². The van der Waals surface area contributed by atoms with Gasteiger partial charge in [-0.2, -0.15) is 0 Å². The lowest BCUT2D eigenvalue weighted by atomic mass is 9.92. The lowest BCUT2D eigenvalue weighted by Gasteiger charge is -2.17. The van der Waals surface area contributed by atoms with Gasteiger partial charge in [-0.1, -0.05) is 42.5 Å². The first-order chi connectivity index (χ1) is 9.28. The third-order valence-corrected chi connectivity index (χ3v) is 3.27. The molecule has 100 valence electrons. The first-order valence-corrected chi connectivity index (χ1v) is 6.71. The quantitative estimate of drug-likeness (QED) is 0.836. The van der Waals surface area contributed by atoms with Gasteiger partial charge in [-0.25, -0.2) is 4.39 Å². The Balaban J connectivity index is 2.04. The summed E-state index contributed by atoms with van der Waals surface area (Å²) in [6, 6.07) is 17.4. The monoisotopic (exact) mass is 257 g/mol. The standard InChI is InChI=1S/C17H20FN/c1-19-13-16(10-14-6-3-2-4-7-14)11-15-8-5-9-17(18)12-15/h2-9,12,16,19H,10-11,13H2,1H3. The summed E-state index contributed by atoms with van der Waals surface area (Å²) in [5.41, 5.74) is 2.40. The molecule has 19 heavy (non-hydrogen) atoms. The third-order valence-electron chi connectivity index (χ3n) is 3.27. The second kappa shape index (κ2) is 7.05. The number of benzene rings is 2. The van der Waals surface area contributed by atoms with Gasteiger partial charge in [0.25, 0.3) is 0 Å². The van der Waals surface area contributed by atoms with Crippen molar-refractivity contribution in [3.63, 3.8) is 0 Å². The van der Waals surface area contributed by atoms with Crippen LogP contribution in [0.4, 0.5) is 4.39 Å². The van der Waals surface area contributed by atoms with Gasteiger partial charge in [0.15, 0.2) is 0 Å². The average Bonchev–Trinajstić information content (AvgIpc) is 2.40. The maximum absolute atomic E-state index is 13.2. The van der Waals surface area contributed by atoms with Crippen molar-refractivity contribution in [1.29, 1.82) is 0 Å². The lowest BCUT2D eigenvalue weighted by molar-refractivity contribution is 0.491. The van der Waals surface area contributed by atoms with E-state index in [0.717, 1.165) is 24.9 Å². The van der Waals surface area contributed by atoms with E-state index in [1.807, 2.05) is 19.2 Å². The fourth-order valence-corrected chi connectivity index (χ4v) is 2.45. The van der Waals surface area contributed by atoms with Gasteiger partial charge >= 0.3 is 0 Å². The highest BCUT2D eigenvalue weighted by Gasteiger charge is 2.10. The molecule has 0 radical (unpaired) electrons. The molecule has 1 atom stereocenters. The number of halogens is 1. The molecule has 2 aromatic rings. The molecule has 0 aliphatic heterocycles. The van der Waals surface area contributed by atoms with E-state index in [1.165, 1.54) is 11.6 Å². The average molecular weight is 257 g/mol. The van der Waals surface area contributed by atoms with Gasteiger partial charge < -0.3 is 5.32 Å². The largest absolute Gasteiger partial charge is 0.319 e. The fourth-order valence-electron chi connectivity index (χ4n) is 2.45. The smallest absolute Gasteiger partial charge is 0.123 e. The second-order valence-corrected chi connectivity index (χ2v) is 4.95. The fraction of sp³-hybridized carbons (Fsp3) is 0.294. The zero-order valence-electron chi connectivity index (χ0n) is 11.3. The highest BCUT2D eigenvalue weighted by molar-refractivity contribution is 5.19. The molecule has 1 N–H and O–H groups in total. The molecule has 0 aliphatic carbocycles. The molecule has 0 aromatic heterocycles. The number of rotatable bonds is 6. The summed E-state index contributed by atoms with van der Waals surface area (Å²) < 4.78 is 13.2. The van der Waals surface area contributed by atoms with Crippen LogP contribution in [0.3, 0.4) is 0 Å². The second-order valence-electron chi connectivity index (χ2n) is 4.95. The van der Waals surface area contributed by atoms with E-state index in [4.69, 9.17) is 0 Å². The van der Waals surface area contributed by atoms with E-state index in [2.05, 4.69) is 29.6 Å². The molecule has 0 fully saturated rings. The van der Waals surface area contributed by atoms with E-state index in [1.54, 1.807) is 12.1 Å². The molecule has 0 saturated carbocycles. The molecule has 0 heterocycles. The zero-order valence-corrected chi connectivity index (χ0v) is 11.3. The molecule has 1 unspecified atom stereocenters. The Morgan fingerprint density at radius 1 is 0.947 bits per heavy atom. The van der Waals surface area contributed by atoms with Gasteiger partial charge in [0.1, 0.15) is 5.82 Å². The first kappa shape index (κ1) is 13.8. The van der Waals surface area contributed by atoms with E-state index in [0.29, 0.717) is 5.92 Å². The summed E-state index contributed by atoms with van der Waals surface area (Å²) in [6.45, 7) is 0.936. The van der Waals surface area contributed by atoms with Crippen molar-refractivity contribution in [2.24, 2.45) is 5.92 Å². The minimum absolute atomic E-state index is 0.152. The molecular weight excluding hydrogens is 237 g/mol. The van der Waals surface area contributed by atoms with Crippen LogP contribution in [-0.4, -0.2) is 13.6 Å². The van der Waals surface area contributed by atoms with Crippen LogP contribution in [0.25, 0.3) is 0 Å². The van der Waals surface area contributed by atoms with Crippen molar-refractivity contribution >= 4 is 0 Å². The van der Waals surface area contributed by atoms with Gasteiger partial charge in [-0.05, 0) is 55.6 Å². The maximum atomic E-state index is 13.2. The minimum atomic E-state index is -0.152. The van der Waals surface area contributed by atoms with Crippen LogP contribution in [-0.2, 0) is 12.8 Å². The van der Waals surface area contributed by atoms with Crippen molar-refractivity contribution in [3.05, 3.63) is 71.5 Å². The normalized spacial score (nSPS) is 12.3. The van der Waals surface area contributed by atoms with Crippen LogP contribution in [0.2, 0.25) is 0 Å². The van der Waals surface area contributed by atoms with Gasteiger partial charge in [0, 0.05) is 0 Å². The van der Waals surface area contributed by atoms with Gasteiger partial charge in [0.05, 0.1) is 0 Å². The Bertz CT molecular complexity index is 496. The highest BCUT2D eigenvalue weighted by atomic mass is 19.1. The Labute approximate surface area is 114 Å². The molecule has 0 bridgehead atoms. The Kier molecular flexibility index (Phi) is 5.10. The Hall–Kier alpha value is -1.67. The number of hydrogen-bond donors (Lipinski definition) is 1. The van der Waals surface area contributed by atoms with E-state index < -0.39 is 0 Å². The SMILES string of the molecule is CNCC(Cc1ccccc1)Cc1cccc(F)c1. The molecule has 0 aliphatic rings. The Morgan fingerprint density at radius 2 is 1.63 bits per heavy atom. The molecule has 2 rings (SSSR count). The summed E-state index contributed by atoms with van der Waals surface area (Å²) in [5.74, 6) is 0.328. The van der Waals surface area contributed by atoms with Crippen molar-refractivity contribution in [3.8, 4) is 0 Å². The van der Waals surface area contributed by atoms with Crippen molar-refractivity contribution in [1.82, 2.24) is 5.32 Å². The van der Waals surface area contributed by atoms with E-state index in [-0.39, 0.29) is 5.82 Å². The summed E-state index contributed by atoms with van der Waals surface area (Å²) in [7, 11) is 1.96. The lowest BCUT2D eigenvalue weighted by Crippen LogP contribution is -2.22. The van der Waals surface area contributed by atoms with E-state index >= 15 is 0 Å². The predicted octanol–water partition coefficient (Wildman–Crippen LogP) is 3.45. The third kappa shape index (κ3) is 4.49. The summed E-state index contributed by atoms with van der Waals surface area (Å²) in [5, 5.41) is 3.23. The van der Waals surface area contributed by atoms with Crippen molar-refractivity contribution in [2.75, 3.05) is 13.6 Å². The summed E-state index contributed by atoms with van der Waals surface area (Å²) >= 11 is 0. The van der Waals surface area contributed by atoms with E-state index in [9.17, 15) is 4.39 Å². The molecule has 1 nitrogen and oxygen atoms in total. The molecular formula is C17H20FN. The molecule has 2 heteroatoms. The van der Waals surface area contributed by atoms with Crippen molar-refractivity contribution < 1.29 is 4.39 Å². The summed E-state index contributed by atoms with van der Waals surface area (Å²) in [4.78, 5) is 0. The van der Waals surface area contributed by atoms with Crippen LogP contribution in [0, 0.1) is 11.7 Å². The molecule has 2 aromatic carbocycles.